The molecule has 3 heterocycles. The number of nitrogens with zero attached hydrogens (tertiary/aromatic N) is 3. The van der Waals surface area contributed by atoms with Gasteiger partial charge >= 0.3 is 6.03 Å². The highest BCUT2D eigenvalue weighted by Gasteiger charge is 2.30. The Labute approximate surface area is 141 Å². The third-order valence-corrected chi connectivity index (χ3v) is 4.98. The molecule has 0 bridgehead atoms. The predicted molar refractivity (Wildman–Crippen MR) is 89.3 cm³/mol. The second-order valence-electron chi connectivity index (χ2n) is 6.78. The van der Waals surface area contributed by atoms with Crippen LogP contribution in [0.2, 0.25) is 0 Å². The number of amides is 2. The van der Waals surface area contributed by atoms with E-state index < -0.39 is 6.10 Å². The van der Waals surface area contributed by atoms with Crippen LogP contribution in [-0.2, 0) is 0 Å². The molecule has 1 aromatic rings. The molecule has 0 saturated carbocycles. The quantitative estimate of drug-likeness (QED) is 0.880. The van der Waals surface area contributed by atoms with Crippen molar-refractivity contribution in [2.75, 3.05) is 31.1 Å². The summed E-state index contributed by atoms with van der Waals surface area (Å²) in [5.41, 5.74) is 0. The number of carbonyl (C=O) groups excluding carboxylic acids is 1. The summed E-state index contributed by atoms with van der Waals surface area (Å²) in [6, 6.07) is 2.88. The molecule has 6 nitrogen and oxygen atoms in total. The Balaban J connectivity index is 1.54. The summed E-state index contributed by atoms with van der Waals surface area (Å²) in [7, 11) is 0. The zero-order valence-electron chi connectivity index (χ0n) is 14.0. The van der Waals surface area contributed by atoms with E-state index in [0.29, 0.717) is 25.5 Å². The number of piperidine rings is 1. The molecule has 7 heteroatoms. The minimum Gasteiger partial charge on any atom is -0.393 e. The smallest absolute Gasteiger partial charge is 0.317 e. The summed E-state index contributed by atoms with van der Waals surface area (Å²) in [4.78, 5) is 20.2. The van der Waals surface area contributed by atoms with E-state index in [1.807, 2.05) is 4.90 Å². The Hall–Kier alpha value is -1.89. The van der Waals surface area contributed by atoms with Gasteiger partial charge in [-0.1, -0.05) is 0 Å². The standard InChI is InChI=1S/C17H25FN4O2/c1-12(23)13-4-3-8-22(10-13)17(24)20-14-6-9-21(11-14)16-15(18)5-2-7-19-16/h2,5,7,12-14,23H,3-4,6,8-11H2,1H3,(H,20,24). The van der Waals surface area contributed by atoms with E-state index in [1.54, 1.807) is 24.1 Å². The van der Waals surface area contributed by atoms with Gasteiger partial charge in [0.2, 0.25) is 0 Å². The van der Waals surface area contributed by atoms with Gasteiger partial charge < -0.3 is 20.2 Å². The van der Waals surface area contributed by atoms with Crippen molar-refractivity contribution >= 4 is 11.8 Å². The number of urea groups is 1. The molecular formula is C17H25FN4O2. The van der Waals surface area contributed by atoms with Crippen molar-refractivity contribution < 1.29 is 14.3 Å². The summed E-state index contributed by atoms with van der Waals surface area (Å²) in [5, 5.41) is 12.8. The van der Waals surface area contributed by atoms with Gasteiger partial charge in [0, 0.05) is 44.3 Å². The van der Waals surface area contributed by atoms with Crippen molar-refractivity contribution in [3.8, 4) is 0 Å². The number of nitrogens with one attached hydrogen (secondary N) is 1. The zero-order valence-corrected chi connectivity index (χ0v) is 14.0. The molecular weight excluding hydrogens is 311 g/mol. The summed E-state index contributed by atoms with van der Waals surface area (Å²) in [5.74, 6) is 0.161. The number of rotatable bonds is 3. The number of likely N-dealkylation sites (tertiary alicyclic amines) is 1. The van der Waals surface area contributed by atoms with Crippen LogP contribution >= 0.6 is 0 Å². The highest BCUT2D eigenvalue weighted by molar-refractivity contribution is 5.74. The third-order valence-electron chi connectivity index (χ3n) is 4.98. The molecule has 2 fully saturated rings. The van der Waals surface area contributed by atoms with Crippen LogP contribution in [0.5, 0.6) is 0 Å². The number of halogens is 1. The number of hydrogen-bond donors (Lipinski definition) is 2. The van der Waals surface area contributed by atoms with Gasteiger partial charge in [0.25, 0.3) is 0 Å². The first-order chi connectivity index (χ1) is 11.5. The molecule has 2 amide bonds. The average Bonchev–Trinajstić information content (AvgIpc) is 3.03. The molecule has 2 aliphatic heterocycles. The molecule has 0 spiro atoms. The van der Waals surface area contributed by atoms with Crippen LogP contribution in [-0.4, -0.2) is 59.3 Å². The number of aliphatic hydroxyl groups excluding tert-OH is 1. The second-order valence-corrected chi connectivity index (χ2v) is 6.78. The fourth-order valence-electron chi connectivity index (χ4n) is 3.53. The van der Waals surface area contributed by atoms with Crippen molar-refractivity contribution in [2.45, 2.75) is 38.3 Å². The molecule has 0 aromatic carbocycles. The van der Waals surface area contributed by atoms with Crippen molar-refractivity contribution in [3.05, 3.63) is 24.1 Å². The predicted octanol–water partition coefficient (Wildman–Crippen LogP) is 1.60. The largest absolute Gasteiger partial charge is 0.393 e. The Morgan fingerprint density at radius 3 is 3.00 bits per heavy atom. The molecule has 24 heavy (non-hydrogen) atoms. The van der Waals surface area contributed by atoms with E-state index in [2.05, 4.69) is 10.3 Å². The van der Waals surface area contributed by atoms with E-state index in [-0.39, 0.29) is 23.8 Å². The van der Waals surface area contributed by atoms with Gasteiger partial charge in [0.05, 0.1) is 6.10 Å². The van der Waals surface area contributed by atoms with Gasteiger partial charge in [-0.15, -0.1) is 0 Å². The molecule has 132 valence electrons. The summed E-state index contributed by atoms with van der Waals surface area (Å²) >= 11 is 0. The zero-order chi connectivity index (χ0) is 17.1. The topological polar surface area (TPSA) is 68.7 Å². The lowest BCUT2D eigenvalue weighted by atomic mass is 9.94. The third kappa shape index (κ3) is 3.77. The molecule has 2 aliphatic rings. The first-order valence-electron chi connectivity index (χ1n) is 8.63. The fraction of sp³-hybridized carbons (Fsp3) is 0.647. The van der Waals surface area contributed by atoms with E-state index >= 15 is 0 Å². The normalized spacial score (nSPS) is 25.6. The molecule has 3 rings (SSSR count). The van der Waals surface area contributed by atoms with Crippen molar-refractivity contribution in [2.24, 2.45) is 5.92 Å². The van der Waals surface area contributed by atoms with Crippen LogP contribution in [0, 0.1) is 11.7 Å². The number of carbonyl (C=O) groups is 1. The van der Waals surface area contributed by atoms with E-state index in [1.165, 1.54) is 6.07 Å². The summed E-state index contributed by atoms with van der Waals surface area (Å²) in [6.45, 7) is 4.33. The van der Waals surface area contributed by atoms with Crippen molar-refractivity contribution in [1.29, 1.82) is 0 Å². The van der Waals surface area contributed by atoms with Gasteiger partial charge in [-0.3, -0.25) is 0 Å². The average molecular weight is 336 g/mol. The minimum atomic E-state index is -0.394. The van der Waals surface area contributed by atoms with Crippen LogP contribution in [0.3, 0.4) is 0 Å². The lowest BCUT2D eigenvalue weighted by Crippen LogP contribution is -2.50. The van der Waals surface area contributed by atoms with Crippen LogP contribution in [0.4, 0.5) is 15.0 Å². The SMILES string of the molecule is CC(O)C1CCCN(C(=O)NC2CCN(c3ncccc3F)C2)C1. The molecule has 2 saturated heterocycles. The van der Waals surface area contributed by atoms with Gasteiger partial charge in [-0.25, -0.2) is 14.2 Å². The second kappa shape index (κ2) is 7.34. The van der Waals surface area contributed by atoms with Gasteiger partial charge in [0.15, 0.2) is 11.6 Å². The van der Waals surface area contributed by atoms with E-state index in [4.69, 9.17) is 0 Å². The minimum absolute atomic E-state index is 0.00849. The molecule has 2 N–H and O–H groups in total. The lowest BCUT2D eigenvalue weighted by molar-refractivity contribution is 0.0734. The van der Waals surface area contributed by atoms with E-state index in [0.717, 1.165) is 25.8 Å². The maximum Gasteiger partial charge on any atom is 0.317 e. The van der Waals surface area contributed by atoms with E-state index in [9.17, 15) is 14.3 Å². The molecule has 1 aromatic heterocycles. The van der Waals surface area contributed by atoms with Crippen molar-refractivity contribution in [3.63, 3.8) is 0 Å². The lowest BCUT2D eigenvalue weighted by Gasteiger charge is -2.34. The highest BCUT2D eigenvalue weighted by Crippen LogP contribution is 2.22. The summed E-state index contributed by atoms with van der Waals surface area (Å²) in [6.07, 6.45) is 3.83. The maximum atomic E-state index is 13.8. The van der Waals surface area contributed by atoms with Crippen LogP contribution in [0.25, 0.3) is 0 Å². The summed E-state index contributed by atoms with van der Waals surface area (Å²) < 4.78 is 13.8. The monoisotopic (exact) mass is 336 g/mol. The number of pyridine rings is 1. The first kappa shape index (κ1) is 17.0. The van der Waals surface area contributed by atoms with Gasteiger partial charge in [-0.2, -0.15) is 0 Å². The Morgan fingerprint density at radius 1 is 1.42 bits per heavy atom. The fourth-order valence-corrected chi connectivity index (χ4v) is 3.53. The molecule has 3 atom stereocenters. The number of hydrogen-bond acceptors (Lipinski definition) is 4. The van der Waals surface area contributed by atoms with Crippen molar-refractivity contribution in [1.82, 2.24) is 15.2 Å². The number of anilines is 1. The van der Waals surface area contributed by atoms with Crippen LogP contribution < -0.4 is 10.2 Å². The van der Waals surface area contributed by atoms with Crippen LogP contribution in [0.1, 0.15) is 26.2 Å². The molecule has 3 unspecified atom stereocenters. The van der Waals surface area contributed by atoms with Gasteiger partial charge in [-0.05, 0) is 38.3 Å². The first-order valence-corrected chi connectivity index (χ1v) is 8.63. The Bertz CT molecular complexity index is 583. The van der Waals surface area contributed by atoms with Gasteiger partial charge in [0.1, 0.15) is 0 Å². The highest BCUT2D eigenvalue weighted by atomic mass is 19.1. The molecule has 0 aliphatic carbocycles. The maximum absolute atomic E-state index is 13.8. The Kier molecular flexibility index (Phi) is 5.18. The molecule has 0 radical (unpaired) electrons. The van der Waals surface area contributed by atoms with Crippen LogP contribution in [0.15, 0.2) is 18.3 Å². The Morgan fingerprint density at radius 2 is 2.25 bits per heavy atom. The number of aromatic nitrogens is 1. The number of aliphatic hydroxyl groups is 1.